The molecule has 0 aromatic heterocycles. The molecule has 1 aromatic rings. The number of carbonyl (C=O) groups is 3. The average Bonchev–Trinajstić information content (AvgIpc) is 3.07. The van der Waals surface area contributed by atoms with Gasteiger partial charge < -0.3 is 30.9 Å². The lowest BCUT2D eigenvalue weighted by Gasteiger charge is -2.35. The molecule has 0 saturated carbocycles. The van der Waals surface area contributed by atoms with Gasteiger partial charge in [-0.1, -0.05) is 0 Å². The molecule has 3 saturated heterocycles. The van der Waals surface area contributed by atoms with Crippen molar-refractivity contribution in [2.45, 2.75) is 18.5 Å². The van der Waals surface area contributed by atoms with Crippen molar-refractivity contribution < 1.29 is 19.1 Å². The van der Waals surface area contributed by atoms with Crippen LogP contribution in [0.5, 0.6) is 0 Å². The first kappa shape index (κ1) is 19.5. The summed E-state index contributed by atoms with van der Waals surface area (Å²) in [4.78, 5) is 39.8. The van der Waals surface area contributed by atoms with Crippen molar-refractivity contribution in [2.24, 2.45) is 0 Å². The summed E-state index contributed by atoms with van der Waals surface area (Å²) in [6.07, 6.45) is 0.785. The average molecular weight is 402 g/mol. The summed E-state index contributed by atoms with van der Waals surface area (Å²) in [6.45, 7) is 5.16. The van der Waals surface area contributed by atoms with Crippen LogP contribution in [0.1, 0.15) is 6.42 Å². The fraction of sp³-hybridized carbons (Fsp3) is 0.526. The Bertz CT molecular complexity index is 764. The number of β-lactam (4-membered cyclic amide) rings is 1. The van der Waals surface area contributed by atoms with Crippen molar-refractivity contribution in [2.75, 3.05) is 56.6 Å². The van der Waals surface area contributed by atoms with Crippen LogP contribution >= 0.6 is 0 Å². The summed E-state index contributed by atoms with van der Waals surface area (Å²) in [5, 5.41) is 11.2. The Labute approximate surface area is 168 Å². The van der Waals surface area contributed by atoms with E-state index in [1.54, 1.807) is 29.2 Å². The number of morpholine rings is 1. The Hall–Kier alpha value is -2.85. The number of ether oxygens (including phenoxy) is 1. The Kier molecular flexibility index (Phi) is 5.81. The van der Waals surface area contributed by atoms with Crippen LogP contribution in [0.2, 0.25) is 0 Å². The third-order valence-corrected chi connectivity index (χ3v) is 5.47. The number of fused-ring (bicyclic) bond motifs is 1. The fourth-order valence-corrected chi connectivity index (χ4v) is 3.83. The second-order valence-electron chi connectivity index (χ2n) is 7.38. The van der Waals surface area contributed by atoms with Crippen LogP contribution in [0.15, 0.2) is 24.3 Å². The molecule has 0 spiro atoms. The summed E-state index contributed by atoms with van der Waals surface area (Å²) in [7, 11) is 0. The van der Waals surface area contributed by atoms with Gasteiger partial charge in [0.2, 0.25) is 5.91 Å². The number of nitrogens with zero attached hydrogens (tertiary/aromatic N) is 2. The molecule has 0 unspecified atom stereocenters. The lowest BCUT2D eigenvalue weighted by molar-refractivity contribution is -0.132. The summed E-state index contributed by atoms with van der Waals surface area (Å²) < 4.78 is 5.30. The minimum Gasteiger partial charge on any atom is -0.379 e. The molecule has 0 bridgehead atoms. The maximum Gasteiger partial charge on any atom is 0.322 e. The van der Waals surface area contributed by atoms with E-state index in [4.69, 9.17) is 4.74 Å². The highest BCUT2D eigenvalue weighted by Crippen LogP contribution is 2.26. The molecule has 29 heavy (non-hydrogen) atoms. The standard InChI is InChI=1S/C19H26N6O4/c26-17-16-15(23-17)5-7-25(16)19(28)22-14-3-1-13(2-4-14)21-18(27)20-6-8-24-9-11-29-12-10-24/h1-4,15-16H,5-12H2,(H,22,28)(H,23,26)(H2,20,21,27)/t15-,16+/m1/s1. The van der Waals surface area contributed by atoms with Gasteiger partial charge in [0.15, 0.2) is 0 Å². The van der Waals surface area contributed by atoms with Crippen molar-refractivity contribution in [3.8, 4) is 0 Å². The number of nitrogens with one attached hydrogen (secondary N) is 4. The van der Waals surface area contributed by atoms with Crippen LogP contribution in [-0.2, 0) is 9.53 Å². The molecule has 0 radical (unpaired) electrons. The Morgan fingerprint density at radius 3 is 2.45 bits per heavy atom. The van der Waals surface area contributed by atoms with Gasteiger partial charge in [-0.05, 0) is 30.7 Å². The zero-order chi connectivity index (χ0) is 20.2. The molecule has 2 atom stereocenters. The van der Waals surface area contributed by atoms with E-state index in [2.05, 4.69) is 26.2 Å². The largest absolute Gasteiger partial charge is 0.379 e. The quantitative estimate of drug-likeness (QED) is 0.527. The minimum absolute atomic E-state index is 0.0848. The number of benzene rings is 1. The fourth-order valence-electron chi connectivity index (χ4n) is 3.83. The van der Waals surface area contributed by atoms with Gasteiger partial charge in [-0.25, -0.2) is 9.59 Å². The van der Waals surface area contributed by atoms with E-state index < -0.39 is 0 Å². The van der Waals surface area contributed by atoms with Gasteiger partial charge in [0, 0.05) is 44.1 Å². The molecule has 1 aromatic carbocycles. The van der Waals surface area contributed by atoms with E-state index >= 15 is 0 Å². The first-order valence-corrected chi connectivity index (χ1v) is 9.93. The van der Waals surface area contributed by atoms with Gasteiger partial charge in [0.1, 0.15) is 6.04 Å². The van der Waals surface area contributed by atoms with E-state index in [1.165, 1.54) is 0 Å². The third-order valence-electron chi connectivity index (χ3n) is 5.47. The Morgan fingerprint density at radius 2 is 1.76 bits per heavy atom. The second-order valence-corrected chi connectivity index (χ2v) is 7.38. The molecular formula is C19H26N6O4. The van der Waals surface area contributed by atoms with Crippen molar-refractivity contribution in [1.82, 2.24) is 20.4 Å². The third kappa shape index (κ3) is 4.60. The maximum absolute atomic E-state index is 12.4. The van der Waals surface area contributed by atoms with Gasteiger partial charge >= 0.3 is 12.1 Å². The lowest BCUT2D eigenvalue weighted by Crippen LogP contribution is -2.65. The van der Waals surface area contributed by atoms with Crippen LogP contribution in [0.25, 0.3) is 0 Å². The zero-order valence-electron chi connectivity index (χ0n) is 16.1. The number of amides is 5. The number of anilines is 2. The highest BCUT2D eigenvalue weighted by atomic mass is 16.5. The Morgan fingerprint density at radius 1 is 1.07 bits per heavy atom. The van der Waals surface area contributed by atoms with Crippen LogP contribution in [0.3, 0.4) is 0 Å². The summed E-state index contributed by atoms with van der Waals surface area (Å²) >= 11 is 0. The molecule has 156 valence electrons. The molecule has 4 rings (SSSR count). The lowest BCUT2D eigenvalue weighted by atomic mass is 10.0. The maximum atomic E-state index is 12.4. The summed E-state index contributed by atoms with van der Waals surface area (Å²) in [5.74, 6) is -0.0955. The molecule has 0 aliphatic carbocycles. The zero-order valence-corrected chi connectivity index (χ0v) is 16.1. The van der Waals surface area contributed by atoms with Crippen LogP contribution in [0, 0.1) is 0 Å². The van der Waals surface area contributed by atoms with Gasteiger partial charge in [-0.2, -0.15) is 0 Å². The van der Waals surface area contributed by atoms with E-state index in [9.17, 15) is 14.4 Å². The normalized spacial score (nSPS) is 23.6. The van der Waals surface area contributed by atoms with E-state index in [0.717, 1.165) is 39.3 Å². The van der Waals surface area contributed by atoms with Crippen LogP contribution < -0.4 is 21.3 Å². The minimum atomic E-state index is -0.350. The highest BCUT2D eigenvalue weighted by molar-refractivity contribution is 5.98. The molecular weight excluding hydrogens is 376 g/mol. The summed E-state index contributed by atoms with van der Waals surface area (Å²) in [6, 6.07) is 6.06. The summed E-state index contributed by atoms with van der Waals surface area (Å²) in [5.41, 5.74) is 1.24. The molecule has 4 N–H and O–H groups in total. The second kappa shape index (κ2) is 8.66. The number of likely N-dealkylation sites (tertiary alicyclic amines) is 1. The van der Waals surface area contributed by atoms with E-state index in [-0.39, 0.29) is 30.1 Å². The first-order chi connectivity index (χ1) is 14.1. The van der Waals surface area contributed by atoms with Crippen molar-refractivity contribution >= 4 is 29.3 Å². The number of rotatable bonds is 5. The molecule has 5 amide bonds. The molecule has 3 aliphatic heterocycles. The number of urea groups is 2. The first-order valence-electron chi connectivity index (χ1n) is 9.93. The van der Waals surface area contributed by atoms with Gasteiger partial charge in [0.05, 0.1) is 19.3 Å². The smallest absolute Gasteiger partial charge is 0.322 e. The number of carbonyl (C=O) groups excluding carboxylic acids is 3. The van der Waals surface area contributed by atoms with Crippen molar-refractivity contribution in [3.05, 3.63) is 24.3 Å². The Balaban J connectivity index is 1.20. The van der Waals surface area contributed by atoms with E-state index in [1.807, 2.05) is 0 Å². The molecule has 10 nitrogen and oxygen atoms in total. The molecule has 3 aliphatic rings. The van der Waals surface area contributed by atoms with Crippen molar-refractivity contribution in [3.63, 3.8) is 0 Å². The highest BCUT2D eigenvalue weighted by Gasteiger charge is 2.49. The predicted molar refractivity (Wildman–Crippen MR) is 107 cm³/mol. The van der Waals surface area contributed by atoms with Crippen LogP contribution in [0.4, 0.5) is 21.0 Å². The van der Waals surface area contributed by atoms with Gasteiger partial charge in [-0.3, -0.25) is 9.69 Å². The monoisotopic (exact) mass is 402 g/mol. The number of hydrogen-bond acceptors (Lipinski definition) is 5. The topological polar surface area (TPSA) is 115 Å². The molecule has 10 heteroatoms. The van der Waals surface area contributed by atoms with Crippen molar-refractivity contribution in [1.29, 1.82) is 0 Å². The SMILES string of the molecule is O=C(NCCN1CCOCC1)Nc1ccc(NC(=O)N2CC[C@H]3NC(=O)[C@H]32)cc1. The van der Waals surface area contributed by atoms with Crippen LogP contribution in [-0.4, -0.2) is 85.8 Å². The van der Waals surface area contributed by atoms with Gasteiger partial charge in [-0.15, -0.1) is 0 Å². The molecule has 3 fully saturated rings. The predicted octanol–water partition coefficient (Wildman–Crippen LogP) is 0.245. The number of hydrogen-bond donors (Lipinski definition) is 4. The van der Waals surface area contributed by atoms with E-state index in [0.29, 0.717) is 24.5 Å². The molecule has 3 heterocycles. The van der Waals surface area contributed by atoms with Gasteiger partial charge in [0.25, 0.3) is 0 Å².